The third-order valence-electron chi connectivity index (χ3n) is 1.95. The van der Waals surface area contributed by atoms with Gasteiger partial charge in [0, 0.05) is 11.5 Å². The summed E-state index contributed by atoms with van der Waals surface area (Å²) < 4.78 is 13.5. The molecule has 0 spiro atoms. The normalized spacial score (nSPS) is 10.5. The fraction of sp³-hybridized carbons (Fsp3) is 0.182. The standard InChI is InChI=1S/C11H12FO/c1-3-9-5-4-6-10(11(9)12)8(2)7-13/h3-6,13H,1,7H2,2H3. The average molecular weight is 179 g/mol. The van der Waals surface area contributed by atoms with Gasteiger partial charge >= 0.3 is 0 Å². The summed E-state index contributed by atoms with van der Waals surface area (Å²) in [7, 11) is 0. The van der Waals surface area contributed by atoms with E-state index < -0.39 is 0 Å². The van der Waals surface area contributed by atoms with E-state index in [9.17, 15) is 4.39 Å². The second-order valence-corrected chi connectivity index (χ2v) is 2.85. The summed E-state index contributed by atoms with van der Waals surface area (Å²) in [5.74, 6) is 0.310. The van der Waals surface area contributed by atoms with Gasteiger partial charge in [-0.05, 0) is 5.56 Å². The predicted molar refractivity (Wildman–Crippen MR) is 51.6 cm³/mol. The van der Waals surface area contributed by atoms with Crippen LogP contribution in [0.1, 0.15) is 18.1 Å². The zero-order valence-electron chi connectivity index (χ0n) is 7.55. The molecule has 0 amide bonds. The summed E-state index contributed by atoms with van der Waals surface area (Å²) in [6.07, 6.45) is 1.46. The molecule has 0 aliphatic heterocycles. The molecule has 0 saturated carbocycles. The molecular formula is C11H12FO. The Labute approximate surface area is 77.5 Å². The van der Waals surface area contributed by atoms with E-state index in [1.54, 1.807) is 25.1 Å². The summed E-state index contributed by atoms with van der Waals surface area (Å²) in [5, 5.41) is 8.85. The number of hydrogen-bond acceptors (Lipinski definition) is 1. The molecule has 1 nitrogen and oxygen atoms in total. The number of aliphatic hydroxyl groups excluding tert-OH is 1. The molecule has 1 aromatic rings. The van der Waals surface area contributed by atoms with E-state index in [2.05, 4.69) is 6.58 Å². The zero-order chi connectivity index (χ0) is 9.84. The Balaban J connectivity index is 3.15. The molecule has 0 atom stereocenters. The molecule has 0 heterocycles. The smallest absolute Gasteiger partial charge is 0.134 e. The molecule has 1 aromatic carbocycles. The van der Waals surface area contributed by atoms with Gasteiger partial charge in [-0.3, -0.25) is 0 Å². The van der Waals surface area contributed by atoms with Crippen LogP contribution in [-0.2, 0) is 0 Å². The lowest BCUT2D eigenvalue weighted by Crippen LogP contribution is -2.03. The van der Waals surface area contributed by atoms with E-state index in [1.165, 1.54) is 6.08 Å². The molecular weight excluding hydrogens is 167 g/mol. The minimum Gasteiger partial charge on any atom is -0.395 e. The van der Waals surface area contributed by atoms with Gasteiger partial charge in [0.25, 0.3) is 0 Å². The highest BCUT2D eigenvalue weighted by Crippen LogP contribution is 2.20. The maximum absolute atomic E-state index is 13.5. The third kappa shape index (κ3) is 1.95. The number of benzene rings is 1. The second kappa shape index (κ2) is 4.19. The Kier molecular flexibility index (Phi) is 3.20. The van der Waals surface area contributed by atoms with Crippen LogP contribution in [0.5, 0.6) is 0 Å². The summed E-state index contributed by atoms with van der Waals surface area (Å²) in [6, 6.07) is 5.04. The molecule has 13 heavy (non-hydrogen) atoms. The largest absolute Gasteiger partial charge is 0.395 e. The zero-order valence-corrected chi connectivity index (χ0v) is 7.55. The van der Waals surface area contributed by atoms with Crippen LogP contribution in [-0.4, -0.2) is 11.7 Å². The minimum atomic E-state index is -0.316. The first-order chi connectivity index (χ1) is 6.20. The Morgan fingerprint density at radius 3 is 2.85 bits per heavy atom. The molecule has 0 saturated heterocycles. The number of rotatable bonds is 3. The monoisotopic (exact) mass is 179 g/mol. The topological polar surface area (TPSA) is 20.2 Å². The van der Waals surface area contributed by atoms with Gasteiger partial charge in [-0.25, -0.2) is 4.39 Å². The van der Waals surface area contributed by atoms with E-state index in [1.807, 2.05) is 0 Å². The number of aliphatic hydroxyl groups is 1. The van der Waals surface area contributed by atoms with E-state index in [-0.39, 0.29) is 12.4 Å². The van der Waals surface area contributed by atoms with Gasteiger partial charge in [-0.15, -0.1) is 0 Å². The fourth-order valence-corrected chi connectivity index (χ4v) is 1.12. The Morgan fingerprint density at radius 2 is 2.31 bits per heavy atom. The van der Waals surface area contributed by atoms with Gasteiger partial charge < -0.3 is 5.11 Å². The Morgan fingerprint density at radius 1 is 1.62 bits per heavy atom. The first kappa shape index (κ1) is 9.93. The van der Waals surface area contributed by atoms with Crippen molar-refractivity contribution in [2.24, 2.45) is 0 Å². The Bertz CT molecular complexity index is 307. The van der Waals surface area contributed by atoms with Gasteiger partial charge in [0.15, 0.2) is 0 Å². The molecule has 0 aliphatic rings. The van der Waals surface area contributed by atoms with Gasteiger partial charge in [0.2, 0.25) is 0 Å². The van der Waals surface area contributed by atoms with Crippen molar-refractivity contribution in [2.75, 3.05) is 6.61 Å². The van der Waals surface area contributed by atoms with Crippen molar-refractivity contribution >= 4 is 6.08 Å². The van der Waals surface area contributed by atoms with Crippen molar-refractivity contribution < 1.29 is 9.50 Å². The van der Waals surface area contributed by atoms with E-state index in [0.717, 1.165) is 0 Å². The lowest BCUT2D eigenvalue weighted by molar-refractivity contribution is 0.313. The highest BCUT2D eigenvalue weighted by atomic mass is 19.1. The van der Waals surface area contributed by atoms with Crippen LogP contribution in [0.3, 0.4) is 0 Å². The molecule has 0 bridgehead atoms. The van der Waals surface area contributed by atoms with Crippen molar-refractivity contribution in [3.8, 4) is 0 Å². The summed E-state index contributed by atoms with van der Waals surface area (Å²) >= 11 is 0. The molecule has 69 valence electrons. The van der Waals surface area contributed by atoms with Crippen molar-refractivity contribution in [3.63, 3.8) is 0 Å². The molecule has 1 radical (unpaired) electrons. The quantitative estimate of drug-likeness (QED) is 0.755. The van der Waals surface area contributed by atoms with Crippen molar-refractivity contribution in [1.29, 1.82) is 0 Å². The summed E-state index contributed by atoms with van der Waals surface area (Å²) in [5.41, 5.74) is 0.921. The minimum absolute atomic E-state index is 0.127. The summed E-state index contributed by atoms with van der Waals surface area (Å²) in [6.45, 7) is 5.08. The van der Waals surface area contributed by atoms with Gasteiger partial charge in [-0.2, -0.15) is 0 Å². The SMILES string of the molecule is C=Cc1cccc([C](C)CO)c1F. The van der Waals surface area contributed by atoms with Crippen LogP contribution in [0.4, 0.5) is 4.39 Å². The van der Waals surface area contributed by atoms with Gasteiger partial charge in [0.05, 0.1) is 6.61 Å². The molecule has 1 rings (SSSR count). The fourth-order valence-electron chi connectivity index (χ4n) is 1.12. The van der Waals surface area contributed by atoms with Crippen molar-refractivity contribution in [3.05, 3.63) is 47.6 Å². The van der Waals surface area contributed by atoms with Crippen LogP contribution in [0, 0.1) is 11.7 Å². The van der Waals surface area contributed by atoms with Crippen LogP contribution in [0.25, 0.3) is 6.08 Å². The number of halogens is 1. The highest BCUT2D eigenvalue weighted by molar-refractivity contribution is 5.51. The third-order valence-corrected chi connectivity index (χ3v) is 1.95. The molecule has 0 aliphatic carbocycles. The average Bonchev–Trinajstić information content (AvgIpc) is 2.17. The van der Waals surface area contributed by atoms with Crippen LogP contribution >= 0.6 is 0 Å². The first-order valence-corrected chi connectivity index (χ1v) is 4.05. The van der Waals surface area contributed by atoms with Gasteiger partial charge in [-0.1, -0.05) is 37.8 Å². The van der Waals surface area contributed by atoms with Crippen molar-refractivity contribution in [1.82, 2.24) is 0 Å². The molecule has 2 heteroatoms. The van der Waals surface area contributed by atoms with E-state index in [0.29, 0.717) is 17.0 Å². The lowest BCUT2D eigenvalue weighted by Gasteiger charge is -2.09. The summed E-state index contributed by atoms with van der Waals surface area (Å²) in [4.78, 5) is 0. The second-order valence-electron chi connectivity index (χ2n) is 2.85. The molecule has 0 fully saturated rings. The molecule has 0 unspecified atom stereocenters. The maximum Gasteiger partial charge on any atom is 0.134 e. The highest BCUT2D eigenvalue weighted by Gasteiger charge is 2.11. The van der Waals surface area contributed by atoms with E-state index >= 15 is 0 Å². The number of hydrogen-bond donors (Lipinski definition) is 1. The first-order valence-electron chi connectivity index (χ1n) is 4.05. The molecule has 1 N–H and O–H groups in total. The van der Waals surface area contributed by atoms with E-state index in [4.69, 9.17) is 5.11 Å². The van der Waals surface area contributed by atoms with Crippen LogP contribution in [0.15, 0.2) is 24.8 Å². The van der Waals surface area contributed by atoms with Crippen LogP contribution in [0.2, 0.25) is 0 Å². The lowest BCUT2D eigenvalue weighted by atomic mass is 9.99. The Hall–Kier alpha value is -1.15. The molecule has 0 aromatic heterocycles. The van der Waals surface area contributed by atoms with Crippen molar-refractivity contribution in [2.45, 2.75) is 6.92 Å². The van der Waals surface area contributed by atoms with Gasteiger partial charge in [0.1, 0.15) is 5.82 Å². The maximum atomic E-state index is 13.5. The predicted octanol–water partition coefficient (Wildman–Crippen LogP) is 2.40. The van der Waals surface area contributed by atoms with Crippen LogP contribution < -0.4 is 0 Å².